The van der Waals surface area contributed by atoms with Crippen LogP contribution in [0.15, 0.2) is 22.7 Å². The van der Waals surface area contributed by atoms with E-state index < -0.39 is 10.0 Å². The number of unbranched alkanes of at least 4 members (excludes halogenated alkanes) is 1. The minimum absolute atomic E-state index is 0.171. The second-order valence-corrected chi connectivity index (χ2v) is 6.45. The van der Waals surface area contributed by atoms with Gasteiger partial charge in [0, 0.05) is 4.47 Å². The highest BCUT2D eigenvalue weighted by molar-refractivity contribution is 9.10. The largest absolute Gasteiger partial charge is 0.282 e. The van der Waals surface area contributed by atoms with E-state index in [0.717, 1.165) is 16.5 Å². The summed E-state index contributed by atoms with van der Waals surface area (Å²) in [6, 6.07) is 5.58. The molecule has 1 aromatic carbocycles. The number of hydrogen-bond donors (Lipinski definition) is 1. The maximum absolute atomic E-state index is 11.7. The fourth-order valence-electron chi connectivity index (χ4n) is 1.27. The standard InChI is InChI=1S/C11H16BrNO2S/c1-3-4-7-16(14,15)13-11-8-9(2)5-6-10(11)12/h5-6,8,13H,3-4,7H2,1-2H3. The Bertz CT molecular complexity index is 457. The molecule has 0 radical (unpaired) electrons. The van der Waals surface area contributed by atoms with Crippen LogP contribution in [0.5, 0.6) is 0 Å². The number of aryl methyl sites for hydroxylation is 1. The lowest BCUT2D eigenvalue weighted by Gasteiger charge is -2.09. The highest BCUT2D eigenvalue weighted by Crippen LogP contribution is 2.24. The molecular formula is C11H16BrNO2S. The van der Waals surface area contributed by atoms with Crippen molar-refractivity contribution in [3.8, 4) is 0 Å². The molecule has 5 heteroatoms. The summed E-state index contributed by atoms with van der Waals surface area (Å²) >= 11 is 3.32. The van der Waals surface area contributed by atoms with Crippen LogP contribution in [0.1, 0.15) is 25.3 Å². The molecular weight excluding hydrogens is 290 g/mol. The van der Waals surface area contributed by atoms with Gasteiger partial charge in [-0.2, -0.15) is 0 Å². The number of nitrogens with one attached hydrogen (secondary N) is 1. The molecule has 0 saturated carbocycles. The molecule has 0 saturated heterocycles. The molecule has 0 fully saturated rings. The van der Waals surface area contributed by atoms with Crippen LogP contribution in [0.25, 0.3) is 0 Å². The molecule has 16 heavy (non-hydrogen) atoms. The molecule has 0 aliphatic carbocycles. The highest BCUT2D eigenvalue weighted by atomic mass is 79.9. The molecule has 1 rings (SSSR count). The first-order valence-electron chi connectivity index (χ1n) is 5.21. The topological polar surface area (TPSA) is 46.2 Å². The second-order valence-electron chi connectivity index (χ2n) is 3.76. The fourth-order valence-corrected chi connectivity index (χ4v) is 3.02. The summed E-state index contributed by atoms with van der Waals surface area (Å²) in [6.07, 6.45) is 1.55. The van der Waals surface area contributed by atoms with Crippen LogP contribution < -0.4 is 4.72 Å². The third-order valence-corrected chi connectivity index (χ3v) is 4.20. The molecule has 0 amide bonds. The number of halogens is 1. The van der Waals surface area contributed by atoms with Gasteiger partial charge in [0.25, 0.3) is 0 Å². The third-order valence-electron chi connectivity index (χ3n) is 2.15. The first kappa shape index (κ1) is 13.5. The van der Waals surface area contributed by atoms with E-state index in [9.17, 15) is 8.42 Å². The second kappa shape index (κ2) is 5.68. The van der Waals surface area contributed by atoms with Crippen LogP contribution in [-0.4, -0.2) is 14.2 Å². The predicted molar refractivity (Wildman–Crippen MR) is 71.2 cm³/mol. The number of sulfonamides is 1. The first-order chi connectivity index (χ1) is 7.44. The van der Waals surface area contributed by atoms with Gasteiger partial charge in [0.1, 0.15) is 0 Å². The molecule has 0 spiro atoms. The van der Waals surface area contributed by atoms with Gasteiger partial charge in [0.2, 0.25) is 10.0 Å². The highest BCUT2D eigenvalue weighted by Gasteiger charge is 2.11. The molecule has 0 aliphatic rings. The number of rotatable bonds is 5. The van der Waals surface area contributed by atoms with E-state index in [2.05, 4.69) is 20.7 Å². The fraction of sp³-hybridized carbons (Fsp3) is 0.455. The van der Waals surface area contributed by atoms with Gasteiger partial charge in [-0.1, -0.05) is 19.4 Å². The molecule has 0 bridgehead atoms. The van der Waals surface area contributed by atoms with Crippen LogP contribution in [0.4, 0.5) is 5.69 Å². The molecule has 0 aliphatic heterocycles. The summed E-state index contributed by atoms with van der Waals surface area (Å²) in [7, 11) is -3.22. The lowest BCUT2D eigenvalue weighted by Crippen LogP contribution is -2.16. The van der Waals surface area contributed by atoms with E-state index in [4.69, 9.17) is 0 Å². The number of hydrogen-bond acceptors (Lipinski definition) is 2. The maximum Gasteiger partial charge on any atom is 0.232 e. The lowest BCUT2D eigenvalue weighted by molar-refractivity contribution is 0.598. The Morgan fingerprint density at radius 2 is 2.06 bits per heavy atom. The smallest absolute Gasteiger partial charge is 0.232 e. The molecule has 1 aromatic rings. The quantitative estimate of drug-likeness (QED) is 0.907. The summed E-state index contributed by atoms with van der Waals surface area (Å²) in [6.45, 7) is 3.90. The van der Waals surface area contributed by atoms with E-state index in [1.165, 1.54) is 0 Å². The normalized spacial score (nSPS) is 11.4. The summed E-state index contributed by atoms with van der Waals surface area (Å²) in [5.74, 6) is 0.171. The molecule has 1 N–H and O–H groups in total. The van der Waals surface area contributed by atoms with Crippen LogP contribution in [0.2, 0.25) is 0 Å². The van der Waals surface area contributed by atoms with Gasteiger partial charge in [0.05, 0.1) is 11.4 Å². The van der Waals surface area contributed by atoms with Crippen LogP contribution >= 0.6 is 15.9 Å². The Labute approximate surface area is 105 Å². The summed E-state index contributed by atoms with van der Waals surface area (Å²) in [4.78, 5) is 0. The van der Waals surface area contributed by atoms with E-state index in [0.29, 0.717) is 12.1 Å². The summed E-state index contributed by atoms with van der Waals surface area (Å²) < 4.78 is 26.7. The van der Waals surface area contributed by atoms with Crippen LogP contribution in [0, 0.1) is 6.92 Å². The van der Waals surface area contributed by atoms with Gasteiger partial charge in [-0.3, -0.25) is 4.72 Å². The Hall–Kier alpha value is -0.550. The first-order valence-corrected chi connectivity index (χ1v) is 7.66. The Kier molecular flexibility index (Phi) is 4.80. The van der Waals surface area contributed by atoms with E-state index in [1.807, 2.05) is 32.0 Å². The van der Waals surface area contributed by atoms with Crippen molar-refractivity contribution in [3.05, 3.63) is 28.2 Å². The van der Waals surface area contributed by atoms with Crippen molar-refractivity contribution in [2.75, 3.05) is 10.5 Å². The Balaban J connectivity index is 2.83. The van der Waals surface area contributed by atoms with E-state index >= 15 is 0 Å². The SMILES string of the molecule is CCCCS(=O)(=O)Nc1cc(C)ccc1Br. The third kappa shape index (κ3) is 4.14. The van der Waals surface area contributed by atoms with Gasteiger partial charge in [0.15, 0.2) is 0 Å². The molecule has 3 nitrogen and oxygen atoms in total. The number of anilines is 1. The summed E-state index contributed by atoms with van der Waals surface area (Å²) in [5.41, 5.74) is 1.63. The van der Waals surface area contributed by atoms with Gasteiger partial charge in [-0.05, 0) is 47.0 Å². The maximum atomic E-state index is 11.7. The minimum atomic E-state index is -3.22. The lowest BCUT2D eigenvalue weighted by atomic mass is 10.2. The van der Waals surface area contributed by atoms with Gasteiger partial charge in [-0.15, -0.1) is 0 Å². The zero-order valence-corrected chi connectivity index (χ0v) is 11.9. The van der Waals surface area contributed by atoms with Crippen LogP contribution in [-0.2, 0) is 10.0 Å². The van der Waals surface area contributed by atoms with Crippen molar-refractivity contribution in [1.82, 2.24) is 0 Å². The predicted octanol–water partition coefficient (Wildman–Crippen LogP) is 3.30. The minimum Gasteiger partial charge on any atom is -0.282 e. The molecule has 0 unspecified atom stereocenters. The van der Waals surface area contributed by atoms with E-state index in [-0.39, 0.29) is 5.75 Å². The van der Waals surface area contributed by atoms with Crippen molar-refractivity contribution in [1.29, 1.82) is 0 Å². The molecule has 90 valence electrons. The van der Waals surface area contributed by atoms with Gasteiger partial charge in [-0.25, -0.2) is 8.42 Å². The monoisotopic (exact) mass is 305 g/mol. The van der Waals surface area contributed by atoms with Crippen molar-refractivity contribution < 1.29 is 8.42 Å². The van der Waals surface area contributed by atoms with Crippen LogP contribution in [0.3, 0.4) is 0 Å². The van der Waals surface area contributed by atoms with Crippen molar-refractivity contribution in [2.24, 2.45) is 0 Å². The average molecular weight is 306 g/mol. The van der Waals surface area contributed by atoms with E-state index in [1.54, 1.807) is 0 Å². The Morgan fingerprint density at radius 1 is 1.38 bits per heavy atom. The molecule has 0 atom stereocenters. The zero-order valence-electron chi connectivity index (χ0n) is 9.46. The van der Waals surface area contributed by atoms with Gasteiger partial charge >= 0.3 is 0 Å². The average Bonchev–Trinajstić information content (AvgIpc) is 2.20. The Morgan fingerprint density at radius 3 is 2.69 bits per heavy atom. The van der Waals surface area contributed by atoms with Gasteiger partial charge < -0.3 is 0 Å². The number of benzene rings is 1. The van der Waals surface area contributed by atoms with Crippen molar-refractivity contribution in [2.45, 2.75) is 26.7 Å². The molecule has 0 aromatic heterocycles. The molecule has 0 heterocycles. The van der Waals surface area contributed by atoms with Crippen molar-refractivity contribution >= 4 is 31.6 Å². The zero-order chi connectivity index (χ0) is 12.2. The van der Waals surface area contributed by atoms with Crippen molar-refractivity contribution in [3.63, 3.8) is 0 Å². The summed E-state index contributed by atoms with van der Waals surface area (Å²) in [5, 5.41) is 0.